The second-order valence-corrected chi connectivity index (χ2v) is 8.41. The molecule has 35 heavy (non-hydrogen) atoms. The zero-order valence-corrected chi connectivity index (χ0v) is 19.1. The lowest BCUT2D eigenvalue weighted by Crippen LogP contribution is -2.58. The number of benzene rings is 1. The molecule has 0 aliphatic carbocycles. The van der Waals surface area contributed by atoms with Crippen LogP contribution in [-0.2, 0) is 32.0 Å². The molecule has 0 radical (unpaired) electrons. The Morgan fingerprint density at radius 2 is 1.89 bits per heavy atom. The van der Waals surface area contributed by atoms with Crippen LogP contribution in [0, 0.1) is 0 Å². The number of carboxylic acid groups (broad SMARTS) is 1. The van der Waals surface area contributed by atoms with Gasteiger partial charge in [0.15, 0.2) is 0 Å². The molecule has 12 heteroatoms. The van der Waals surface area contributed by atoms with E-state index in [2.05, 4.69) is 20.6 Å². The number of nitrogens with zero attached hydrogens (tertiary/aromatic N) is 2. The number of aromatic nitrogens is 2. The van der Waals surface area contributed by atoms with Crippen LogP contribution in [0.15, 0.2) is 42.9 Å². The number of imidazole rings is 1. The van der Waals surface area contributed by atoms with Gasteiger partial charge < -0.3 is 36.5 Å². The van der Waals surface area contributed by atoms with Gasteiger partial charge in [0.1, 0.15) is 18.1 Å². The number of aliphatic hydroxyl groups excluding tert-OH is 1. The van der Waals surface area contributed by atoms with Gasteiger partial charge in [-0.2, -0.15) is 0 Å². The summed E-state index contributed by atoms with van der Waals surface area (Å²) in [6.07, 6.45) is 3.96. The highest BCUT2D eigenvalue weighted by Crippen LogP contribution is 2.19. The molecule has 1 fully saturated rings. The summed E-state index contributed by atoms with van der Waals surface area (Å²) in [5.41, 5.74) is 7.36. The number of amides is 3. The van der Waals surface area contributed by atoms with Crippen LogP contribution < -0.4 is 16.4 Å². The molecule has 4 unspecified atom stereocenters. The Balaban J connectivity index is 1.61. The first-order valence-electron chi connectivity index (χ1n) is 11.3. The number of likely N-dealkylation sites (tertiary alicyclic amines) is 1. The molecule has 4 atom stereocenters. The molecule has 0 spiro atoms. The van der Waals surface area contributed by atoms with Crippen LogP contribution in [-0.4, -0.2) is 86.1 Å². The minimum Gasteiger partial charge on any atom is -0.480 e. The van der Waals surface area contributed by atoms with Crippen LogP contribution in [0.3, 0.4) is 0 Å². The molecule has 3 rings (SSSR count). The van der Waals surface area contributed by atoms with E-state index < -0.39 is 54.5 Å². The molecule has 3 amide bonds. The van der Waals surface area contributed by atoms with Gasteiger partial charge in [-0.25, -0.2) is 9.78 Å². The lowest BCUT2D eigenvalue weighted by molar-refractivity contribution is -0.145. The summed E-state index contributed by atoms with van der Waals surface area (Å²) < 4.78 is 0. The highest BCUT2D eigenvalue weighted by Gasteiger charge is 2.39. The molecule has 12 nitrogen and oxygen atoms in total. The van der Waals surface area contributed by atoms with E-state index in [1.807, 2.05) is 30.3 Å². The van der Waals surface area contributed by atoms with E-state index in [4.69, 9.17) is 5.73 Å². The van der Waals surface area contributed by atoms with Crippen molar-refractivity contribution in [3.63, 3.8) is 0 Å². The molecule has 7 N–H and O–H groups in total. The Labute approximate surface area is 201 Å². The SMILES string of the molecule is NC(Cc1ccccc1)C(=O)NC(CO)C(=O)N1CCCC1C(=O)NC(Cc1cnc[nH]1)C(=O)O. The van der Waals surface area contributed by atoms with Crippen molar-refractivity contribution in [2.45, 2.75) is 49.9 Å². The van der Waals surface area contributed by atoms with E-state index in [9.17, 15) is 29.4 Å². The Kier molecular flexibility index (Phi) is 8.92. The van der Waals surface area contributed by atoms with Crippen LogP contribution in [0.5, 0.6) is 0 Å². The summed E-state index contributed by atoms with van der Waals surface area (Å²) in [4.78, 5) is 58.0. The van der Waals surface area contributed by atoms with E-state index in [-0.39, 0.29) is 19.4 Å². The molecule has 0 bridgehead atoms. The van der Waals surface area contributed by atoms with Gasteiger partial charge in [0.25, 0.3) is 0 Å². The summed E-state index contributed by atoms with van der Waals surface area (Å²) in [5.74, 6) is -3.08. The van der Waals surface area contributed by atoms with Gasteiger partial charge in [-0.05, 0) is 24.8 Å². The minimum atomic E-state index is -1.28. The number of rotatable bonds is 11. The quantitative estimate of drug-likeness (QED) is 0.222. The normalized spacial score (nSPS) is 17.9. The standard InChI is InChI=1S/C23H30N6O6/c24-16(9-14-5-2-1-3-6-14)20(31)28-18(12-30)22(33)29-8-4-7-19(29)21(32)27-17(23(34)35)10-15-11-25-13-26-15/h1-3,5-6,11,13,16-19,30H,4,7-10,12,24H2,(H,25,26)(H,27,32)(H,28,31)(H,34,35). The molecule has 1 aromatic heterocycles. The van der Waals surface area contributed by atoms with Crippen molar-refractivity contribution in [3.8, 4) is 0 Å². The average molecular weight is 487 g/mol. The summed E-state index contributed by atoms with van der Waals surface area (Å²) in [7, 11) is 0. The Hall–Kier alpha value is -3.77. The fraction of sp³-hybridized carbons (Fsp3) is 0.435. The third kappa shape index (κ3) is 6.87. The lowest BCUT2D eigenvalue weighted by Gasteiger charge is -2.29. The van der Waals surface area contributed by atoms with Crippen molar-refractivity contribution in [1.82, 2.24) is 25.5 Å². The highest BCUT2D eigenvalue weighted by atomic mass is 16.4. The molecule has 1 aliphatic rings. The van der Waals surface area contributed by atoms with E-state index >= 15 is 0 Å². The van der Waals surface area contributed by atoms with Gasteiger partial charge in [0, 0.05) is 24.9 Å². The van der Waals surface area contributed by atoms with E-state index in [0.717, 1.165) is 5.56 Å². The fourth-order valence-electron chi connectivity index (χ4n) is 4.01. The van der Waals surface area contributed by atoms with Crippen molar-refractivity contribution >= 4 is 23.7 Å². The summed E-state index contributed by atoms with van der Waals surface area (Å²) >= 11 is 0. The highest BCUT2D eigenvalue weighted by molar-refractivity contribution is 5.94. The maximum Gasteiger partial charge on any atom is 0.326 e. The second-order valence-electron chi connectivity index (χ2n) is 8.41. The number of carbonyl (C=O) groups is 4. The summed E-state index contributed by atoms with van der Waals surface area (Å²) in [6, 6.07) is 4.78. The minimum absolute atomic E-state index is 0.00361. The first-order chi connectivity index (χ1) is 16.8. The predicted molar refractivity (Wildman–Crippen MR) is 124 cm³/mol. The van der Waals surface area contributed by atoms with Crippen LogP contribution in [0.25, 0.3) is 0 Å². The van der Waals surface area contributed by atoms with E-state index in [1.54, 1.807) is 0 Å². The lowest BCUT2D eigenvalue weighted by atomic mass is 10.1. The Morgan fingerprint density at radius 3 is 2.51 bits per heavy atom. The summed E-state index contributed by atoms with van der Waals surface area (Å²) in [6.45, 7) is -0.442. The number of hydrogen-bond acceptors (Lipinski definition) is 7. The Morgan fingerprint density at radius 1 is 1.14 bits per heavy atom. The van der Waals surface area contributed by atoms with Gasteiger partial charge in [-0.3, -0.25) is 14.4 Å². The van der Waals surface area contributed by atoms with E-state index in [0.29, 0.717) is 18.5 Å². The molecular weight excluding hydrogens is 456 g/mol. The maximum atomic E-state index is 13.1. The van der Waals surface area contributed by atoms with Crippen molar-refractivity contribution in [2.75, 3.05) is 13.2 Å². The van der Waals surface area contributed by atoms with Gasteiger partial charge in [0.2, 0.25) is 17.7 Å². The number of aliphatic carboxylic acids is 1. The molecule has 2 heterocycles. The second kappa shape index (κ2) is 12.1. The van der Waals surface area contributed by atoms with Crippen LogP contribution in [0.2, 0.25) is 0 Å². The first-order valence-corrected chi connectivity index (χ1v) is 11.3. The molecule has 188 valence electrons. The number of nitrogens with two attached hydrogens (primary N) is 1. The number of carbonyl (C=O) groups excluding carboxylic acids is 3. The van der Waals surface area contributed by atoms with Gasteiger partial charge >= 0.3 is 5.97 Å². The number of aliphatic hydroxyl groups is 1. The smallest absolute Gasteiger partial charge is 0.326 e. The third-order valence-electron chi connectivity index (χ3n) is 5.86. The number of H-pyrrole nitrogens is 1. The third-order valence-corrected chi connectivity index (χ3v) is 5.86. The van der Waals surface area contributed by atoms with Gasteiger partial charge in [-0.15, -0.1) is 0 Å². The van der Waals surface area contributed by atoms with Crippen molar-refractivity contribution < 1.29 is 29.4 Å². The molecule has 1 aromatic carbocycles. The van der Waals surface area contributed by atoms with Crippen molar-refractivity contribution in [2.24, 2.45) is 5.73 Å². The first kappa shape index (κ1) is 25.8. The molecule has 0 saturated carbocycles. The van der Waals surface area contributed by atoms with Crippen molar-refractivity contribution in [3.05, 3.63) is 54.1 Å². The largest absolute Gasteiger partial charge is 0.480 e. The zero-order chi connectivity index (χ0) is 25.4. The van der Waals surface area contributed by atoms with E-state index in [1.165, 1.54) is 17.4 Å². The fourth-order valence-corrected chi connectivity index (χ4v) is 4.01. The van der Waals surface area contributed by atoms with Gasteiger partial charge in [0.05, 0.1) is 19.0 Å². The molecule has 1 aliphatic heterocycles. The number of carboxylic acids is 1. The Bertz CT molecular complexity index is 1010. The molecular formula is C23H30N6O6. The topological polar surface area (TPSA) is 191 Å². The number of nitrogens with one attached hydrogen (secondary N) is 3. The number of aromatic amines is 1. The van der Waals surface area contributed by atoms with Crippen LogP contribution >= 0.6 is 0 Å². The number of hydrogen-bond donors (Lipinski definition) is 6. The van der Waals surface area contributed by atoms with Crippen molar-refractivity contribution in [1.29, 1.82) is 0 Å². The zero-order valence-electron chi connectivity index (χ0n) is 19.1. The monoisotopic (exact) mass is 486 g/mol. The predicted octanol–water partition coefficient (Wildman–Crippen LogP) is -1.44. The summed E-state index contributed by atoms with van der Waals surface area (Å²) in [5, 5.41) is 24.2. The van der Waals surface area contributed by atoms with Crippen LogP contribution in [0.1, 0.15) is 24.1 Å². The van der Waals surface area contributed by atoms with Crippen LogP contribution in [0.4, 0.5) is 0 Å². The maximum absolute atomic E-state index is 13.1. The van der Waals surface area contributed by atoms with Gasteiger partial charge in [-0.1, -0.05) is 30.3 Å². The molecule has 1 saturated heterocycles. The molecule has 2 aromatic rings. The average Bonchev–Trinajstić information content (AvgIpc) is 3.54.